The Morgan fingerprint density at radius 2 is 2.46 bits per heavy atom. The van der Waals surface area contributed by atoms with Gasteiger partial charge in [-0.15, -0.1) is 0 Å². The van der Waals surface area contributed by atoms with Gasteiger partial charge in [0.15, 0.2) is 0 Å². The molecule has 70 valence electrons. The molecule has 0 fully saturated rings. The fraction of sp³-hybridized carbons (Fsp3) is 0.500. The van der Waals surface area contributed by atoms with Gasteiger partial charge in [0.25, 0.3) is 0 Å². The van der Waals surface area contributed by atoms with Gasteiger partial charge in [0, 0.05) is 12.0 Å². The number of rotatable bonds is 1. The van der Waals surface area contributed by atoms with Crippen molar-refractivity contribution in [1.29, 1.82) is 0 Å². The number of aliphatic carboxylic acids is 1. The highest BCUT2D eigenvalue weighted by Gasteiger charge is 2.33. The maximum absolute atomic E-state index is 11.0. The van der Waals surface area contributed by atoms with Crippen LogP contribution in [0.4, 0.5) is 0 Å². The molecule has 0 radical (unpaired) electrons. The molecule has 1 aliphatic rings. The van der Waals surface area contributed by atoms with Crippen LogP contribution in [-0.4, -0.2) is 11.1 Å². The Balaban J connectivity index is 2.41. The van der Waals surface area contributed by atoms with Crippen molar-refractivity contribution in [2.24, 2.45) is 5.92 Å². The van der Waals surface area contributed by atoms with E-state index in [4.69, 9.17) is 9.52 Å². The topological polar surface area (TPSA) is 50.4 Å². The zero-order valence-corrected chi connectivity index (χ0v) is 7.49. The Hall–Kier alpha value is -1.25. The first-order valence-electron chi connectivity index (χ1n) is 4.49. The van der Waals surface area contributed by atoms with E-state index in [-0.39, 0.29) is 11.8 Å². The Morgan fingerprint density at radius 1 is 1.69 bits per heavy atom. The van der Waals surface area contributed by atoms with Crippen LogP contribution < -0.4 is 0 Å². The highest BCUT2D eigenvalue weighted by Crippen LogP contribution is 2.36. The van der Waals surface area contributed by atoms with Gasteiger partial charge in [-0.05, 0) is 18.4 Å². The third-order valence-electron chi connectivity index (χ3n) is 2.78. The molecule has 1 aromatic heterocycles. The molecule has 0 saturated heterocycles. The molecule has 0 aliphatic heterocycles. The quantitative estimate of drug-likeness (QED) is 0.719. The largest absolute Gasteiger partial charge is 0.481 e. The number of fused-ring (bicyclic) bond motifs is 1. The average molecular weight is 180 g/mol. The lowest BCUT2D eigenvalue weighted by Crippen LogP contribution is -2.24. The summed E-state index contributed by atoms with van der Waals surface area (Å²) >= 11 is 0. The highest BCUT2D eigenvalue weighted by atomic mass is 16.4. The summed E-state index contributed by atoms with van der Waals surface area (Å²) in [5, 5.41) is 9.03. The molecule has 13 heavy (non-hydrogen) atoms. The van der Waals surface area contributed by atoms with Crippen molar-refractivity contribution >= 4 is 5.97 Å². The third-order valence-corrected chi connectivity index (χ3v) is 2.78. The van der Waals surface area contributed by atoms with Crippen LogP contribution in [0, 0.1) is 5.92 Å². The van der Waals surface area contributed by atoms with Crippen molar-refractivity contribution in [2.75, 3.05) is 0 Å². The monoisotopic (exact) mass is 180 g/mol. The number of furan rings is 1. The Bertz CT molecular complexity index is 327. The highest BCUT2D eigenvalue weighted by molar-refractivity contribution is 5.77. The van der Waals surface area contributed by atoms with Crippen molar-refractivity contribution in [3.05, 3.63) is 23.7 Å². The van der Waals surface area contributed by atoms with Gasteiger partial charge in [-0.2, -0.15) is 0 Å². The zero-order chi connectivity index (χ0) is 9.42. The molecule has 0 aromatic carbocycles. The Labute approximate surface area is 76.4 Å². The summed E-state index contributed by atoms with van der Waals surface area (Å²) in [4.78, 5) is 11.0. The minimum atomic E-state index is -0.741. The molecule has 1 heterocycles. The number of carboxylic acid groups (broad SMARTS) is 1. The van der Waals surface area contributed by atoms with E-state index < -0.39 is 5.97 Å². The predicted molar refractivity (Wildman–Crippen MR) is 46.6 cm³/mol. The lowest BCUT2D eigenvalue weighted by molar-refractivity contribution is -0.140. The fourth-order valence-corrected chi connectivity index (χ4v) is 2.04. The number of aryl methyl sites for hydroxylation is 1. The summed E-state index contributed by atoms with van der Waals surface area (Å²) in [5.74, 6) is -0.0505. The first-order valence-corrected chi connectivity index (χ1v) is 4.49. The van der Waals surface area contributed by atoms with Gasteiger partial charge >= 0.3 is 5.97 Å². The summed E-state index contributed by atoms with van der Waals surface area (Å²) in [6, 6.07) is 1.78. The SMILES string of the molecule is CC1CCc2occc2C1C(=O)O. The van der Waals surface area contributed by atoms with Gasteiger partial charge in [0.1, 0.15) is 5.76 Å². The maximum Gasteiger partial charge on any atom is 0.311 e. The van der Waals surface area contributed by atoms with Crippen molar-refractivity contribution in [1.82, 2.24) is 0 Å². The molecular weight excluding hydrogens is 168 g/mol. The molecular formula is C10H12O3. The van der Waals surface area contributed by atoms with Gasteiger partial charge in [0.2, 0.25) is 0 Å². The number of carbonyl (C=O) groups is 1. The number of carboxylic acids is 1. The number of hydrogen-bond donors (Lipinski definition) is 1. The second-order valence-electron chi connectivity index (χ2n) is 3.63. The van der Waals surface area contributed by atoms with E-state index in [9.17, 15) is 4.79 Å². The van der Waals surface area contributed by atoms with Crippen molar-refractivity contribution in [3.8, 4) is 0 Å². The Kier molecular flexibility index (Phi) is 1.87. The van der Waals surface area contributed by atoms with Crippen LogP contribution in [0.3, 0.4) is 0 Å². The summed E-state index contributed by atoms with van der Waals surface area (Å²) in [5.41, 5.74) is 0.867. The molecule has 0 spiro atoms. The standard InChI is InChI=1S/C10H12O3/c1-6-2-3-8-7(4-5-13-8)9(6)10(11)12/h4-6,9H,2-3H2,1H3,(H,11,12). The van der Waals surface area contributed by atoms with E-state index in [0.717, 1.165) is 24.2 Å². The first-order chi connectivity index (χ1) is 6.20. The first kappa shape index (κ1) is 8.35. The van der Waals surface area contributed by atoms with Crippen LogP contribution in [0.2, 0.25) is 0 Å². The normalized spacial score (nSPS) is 26.8. The second-order valence-corrected chi connectivity index (χ2v) is 3.63. The molecule has 0 saturated carbocycles. The van der Waals surface area contributed by atoms with E-state index in [1.165, 1.54) is 0 Å². The Morgan fingerprint density at radius 3 is 3.15 bits per heavy atom. The number of hydrogen-bond acceptors (Lipinski definition) is 2. The van der Waals surface area contributed by atoms with Gasteiger partial charge in [-0.3, -0.25) is 4.79 Å². The van der Waals surface area contributed by atoms with Crippen molar-refractivity contribution in [3.63, 3.8) is 0 Å². The summed E-state index contributed by atoms with van der Waals surface area (Å²) in [6.45, 7) is 1.98. The molecule has 2 rings (SSSR count). The minimum absolute atomic E-state index is 0.211. The van der Waals surface area contributed by atoms with Crippen LogP contribution in [0.25, 0.3) is 0 Å². The molecule has 3 nitrogen and oxygen atoms in total. The zero-order valence-electron chi connectivity index (χ0n) is 7.49. The molecule has 1 aromatic rings. The van der Waals surface area contributed by atoms with Crippen molar-refractivity contribution in [2.45, 2.75) is 25.7 Å². The van der Waals surface area contributed by atoms with Gasteiger partial charge < -0.3 is 9.52 Å². The summed E-state index contributed by atoms with van der Waals surface area (Å²) in [6.07, 6.45) is 3.35. The molecule has 1 N–H and O–H groups in total. The van der Waals surface area contributed by atoms with Crippen LogP contribution in [0.5, 0.6) is 0 Å². The fourth-order valence-electron chi connectivity index (χ4n) is 2.04. The maximum atomic E-state index is 11.0. The van der Waals surface area contributed by atoms with E-state index in [2.05, 4.69) is 0 Å². The van der Waals surface area contributed by atoms with E-state index in [1.54, 1.807) is 12.3 Å². The minimum Gasteiger partial charge on any atom is -0.481 e. The van der Waals surface area contributed by atoms with E-state index >= 15 is 0 Å². The van der Waals surface area contributed by atoms with Gasteiger partial charge in [0.05, 0.1) is 12.2 Å². The predicted octanol–water partition coefficient (Wildman–Crippen LogP) is 2.03. The average Bonchev–Trinajstić information content (AvgIpc) is 2.50. The third kappa shape index (κ3) is 1.24. The van der Waals surface area contributed by atoms with Gasteiger partial charge in [-0.25, -0.2) is 0 Å². The molecule has 3 heteroatoms. The van der Waals surface area contributed by atoms with E-state index in [1.807, 2.05) is 6.92 Å². The van der Waals surface area contributed by atoms with Crippen molar-refractivity contribution < 1.29 is 14.3 Å². The van der Waals surface area contributed by atoms with Gasteiger partial charge in [-0.1, -0.05) is 6.92 Å². The molecule has 1 aliphatic carbocycles. The van der Waals surface area contributed by atoms with E-state index in [0.29, 0.717) is 0 Å². The molecule has 2 atom stereocenters. The molecule has 0 bridgehead atoms. The van der Waals surface area contributed by atoms with Crippen LogP contribution in [-0.2, 0) is 11.2 Å². The molecule has 2 unspecified atom stereocenters. The second kappa shape index (κ2) is 2.91. The van der Waals surface area contributed by atoms with Crippen LogP contribution in [0.1, 0.15) is 30.6 Å². The molecule has 0 amide bonds. The summed E-state index contributed by atoms with van der Waals surface area (Å²) < 4.78 is 5.22. The smallest absolute Gasteiger partial charge is 0.311 e. The van der Waals surface area contributed by atoms with Crippen LogP contribution >= 0.6 is 0 Å². The lowest BCUT2D eigenvalue weighted by Gasteiger charge is -2.24. The van der Waals surface area contributed by atoms with Crippen LogP contribution in [0.15, 0.2) is 16.7 Å². The lowest BCUT2D eigenvalue weighted by atomic mass is 9.79. The summed E-state index contributed by atoms with van der Waals surface area (Å²) in [7, 11) is 0.